The number of hydrogen-bond donors (Lipinski definition) is 3. The fourth-order valence-electron chi connectivity index (χ4n) is 4.81. The van der Waals surface area contributed by atoms with E-state index in [1.807, 2.05) is 37.3 Å². The molecule has 1 aliphatic rings. The van der Waals surface area contributed by atoms with E-state index in [4.69, 9.17) is 14.5 Å². The monoisotopic (exact) mass is 494 g/mol. The van der Waals surface area contributed by atoms with Gasteiger partial charge in [-0.2, -0.15) is 0 Å². The number of esters is 2. The first kappa shape index (κ1) is 24.3. The Bertz CT molecular complexity index is 1300. The Morgan fingerprint density at radius 1 is 1.06 bits per heavy atom. The molecule has 9 heteroatoms. The second kappa shape index (κ2) is 9.42. The zero-order chi connectivity index (χ0) is 25.3. The van der Waals surface area contributed by atoms with Crippen LogP contribution in [0.25, 0.3) is 11.3 Å². The molecule has 0 saturated heterocycles. The van der Waals surface area contributed by atoms with Crippen LogP contribution in [0.1, 0.15) is 30.3 Å². The molecule has 3 atom stereocenters. The summed E-state index contributed by atoms with van der Waals surface area (Å²) in [6.07, 6.45) is 0. The van der Waals surface area contributed by atoms with Crippen LogP contribution in [0.5, 0.6) is 11.5 Å². The predicted molar refractivity (Wildman–Crippen MR) is 131 cm³/mol. The Hall–Kier alpha value is -3.85. The summed E-state index contributed by atoms with van der Waals surface area (Å²) in [5.41, 5.74) is 1.34. The van der Waals surface area contributed by atoms with Crippen molar-refractivity contribution >= 4 is 23.3 Å². The molecule has 182 valence electrons. The minimum atomic E-state index is -1.40. The fraction of sp³-hybridized carbons (Fsp3) is 0.269. The van der Waals surface area contributed by atoms with Crippen molar-refractivity contribution in [3.63, 3.8) is 0 Å². The molecule has 2 aromatic carbocycles. The molecule has 3 unspecified atom stereocenters. The number of benzene rings is 2. The van der Waals surface area contributed by atoms with Crippen LogP contribution in [0.4, 0.5) is 0 Å². The summed E-state index contributed by atoms with van der Waals surface area (Å²) in [5.74, 6) is -2.36. The van der Waals surface area contributed by atoms with Gasteiger partial charge in [-0.15, -0.1) is 11.3 Å². The van der Waals surface area contributed by atoms with Gasteiger partial charge in [-0.1, -0.05) is 30.3 Å². The van der Waals surface area contributed by atoms with Crippen molar-refractivity contribution < 1.29 is 29.3 Å². The first-order valence-corrected chi connectivity index (χ1v) is 11.8. The standard InChI is InChI=1S/C26H26N2O6S/c1-14-21(23(31)33-3)22(16-8-6-5-7-9-16)26(15(2)27-14,25(32)34-4)24-28-18(13-35-24)17-10-11-19(29)20(30)12-17/h5-13,15,22,27,29-30H,1-4H3. The smallest absolute Gasteiger partial charge is 0.336 e. The Labute approximate surface area is 206 Å². The highest BCUT2D eigenvalue weighted by Crippen LogP contribution is 2.52. The lowest BCUT2D eigenvalue weighted by atomic mass is 9.62. The molecular formula is C26H26N2O6S. The molecule has 1 aromatic heterocycles. The number of aromatic nitrogens is 1. The molecule has 4 rings (SSSR count). The van der Waals surface area contributed by atoms with Crippen molar-refractivity contribution in [2.45, 2.75) is 31.2 Å². The van der Waals surface area contributed by atoms with Gasteiger partial charge in [-0.25, -0.2) is 9.78 Å². The van der Waals surface area contributed by atoms with E-state index in [0.29, 0.717) is 27.5 Å². The lowest BCUT2D eigenvalue weighted by Crippen LogP contribution is -2.60. The predicted octanol–water partition coefficient (Wildman–Crippen LogP) is 3.85. The first-order chi connectivity index (χ1) is 16.7. The number of phenolic OH excluding ortho intramolecular Hbond substituents is 2. The Morgan fingerprint density at radius 3 is 2.40 bits per heavy atom. The summed E-state index contributed by atoms with van der Waals surface area (Å²) >= 11 is 1.26. The van der Waals surface area contributed by atoms with Crippen LogP contribution >= 0.6 is 11.3 Å². The average Bonchev–Trinajstić information content (AvgIpc) is 3.35. The molecule has 0 saturated carbocycles. The lowest BCUT2D eigenvalue weighted by molar-refractivity contribution is -0.150. The minimum Gasteiger partial charge on any atom is -0.504 e. The molecule has 0 spiro atoms. The summed E-state index contributed by atoms with van der Waals surface area (Å²) in [4.78, 5) is 31.6. The molecule has 0 aliphatic carbocycles. The van der Waals surface area contributed by atoms with Crippen LogP contribution in [0.15, 0.2) is 65.2 Å². The summed E-state index contributed by atoms with van der Waals surface area (Å²) < 4.78 is 10.5. The van der Waals surface area contributed by atoms with E-state index >= 15 is 0 Å². The normalized spacial score (nSPS) is 21.8. The number of hydrogen-bond acceptors (Lipinski definition) is 9. The highest BCUT2D eigenvalue weighted by molar-refractivity contribution is 7.10. The van der Waals surface area contributed by atoms with E-state index in [-0.39, 0.29) is 11.5 Å². The van der Waals surface area contributed by atoms with E-state index in [1.54, 1.807) is 18.4 Å². The molecule has 0 fully saturated rings. The first-order valence-electron chi connectivity index (χ1n) is 10.9. The van der Waals surface area contributed by atoms with E-state index in [0.717, 1.165) is 5.56 Å². The van der Waals surface area contributed by atoms with Crippen molar-refractivity contribution in [3.05, 3.63) is 75.8 Å². The molecule has 0 amide bonds. The number of carbonyl (C=O) groups is 2. The SMILES string of the molecule is COC(=O)C1=C(C)NC(C)C(C(=O)OC)(c2nc(-c3ccc(O)c(O)c3)cs2)C1c1ccccc1. The van der Waals surface area contributed by atoms with Gasteiger partial charge in [0.2, 0.25) is 0 Å². The van der Waals surface area contributed by atoms with Gasteiger partial charge >= 0.3 is 11.9 Å². The van der Waals surface area contributed by atoms with E-state index in [2.05, 4.69) is 5.32 Å². The van der Waals surface area contributed by atoms with Crippen LogP contribution in [0.2, 0.25) is 0 Å². The van der Waals surface area contributed by atoms with Crippen molar-refractivity contribution in [1.82, 2.24) is 10.3 Å². The summed E-state index contributed by atoms with van der Waals surface area (Å²) in [6.45, 7) is 3.64. The third-order valence-electron chi connectivity index (χ3n) is 6.45. The van der Waals surface area contributed by atoms with Crippen molar-refractivity contribution in [2.75, 3.05) is 14.2 Å². The zero-order valence-corrected chi connectivity index (χ0v) is 20.6. The summed E-state index contributed by atoms with van der Waals surface area (Å²) in [6, 6.07) is 13.2. The lowest BCUT2D eigenvalue weighted by Gasteiger charge is -2.46. The second-order valence-electron chi connectivity index (χ2n) is 8.34. The van der Waals surface area contributed by atoms with Crippen molar-refractivity contribution in [3.8, 4) is 22.8 Å². The largest absolute Gasteiger partial charge is 0.504 e. The molecule has 2 heterocycles. The second-order valence-corrected chi connectivity index (χ2v) is 9.20. The van der Waals surface area contributed by atoms with Gasteiger partial charge in [0.25, 0.3) is 0 Å². The molecule has 35 heavy (non-hydrogen) atoms. The minimum absolute atomic E-state index is 0.243. The number of thiazole rings is 1. The highest BCUT2D eigenvalue weighted by Gasteiger charge is 2.60. The van der Waals surface area contributed by atoms with Crippen molar-refractivity contribution in [1.29, 1.82) is 0 Å². The van der Waals surface area contributed by atoms with E-state index in [1.165, 1.54) is 37.7 Å². The number of aromatic hydroxyl groups is 2. The molecule has 1 aliphatic heterocycles. The van der Waals surface area contributed by atoms with Crippen LogP contribution < -0.4 is 5.32 Å². The average molecular weight is 495 g/mol. The van der Waals surface area contributed by atoms with Gasteiger partial charge in [-0.05, 0) is 37.6 Å². The third-order valence-corrected chi connectivity index (χ3v) is 7.45. The molecular weight excluding hydrogens is 468 g/mol. The number of allylic oxidation sites excluding steroid dienone is 1. The van der Waals surface area contributed by atoms with Gasteiger partial charge in [-0.3, -0.25) is 4.79 Å². The number of rotatable bonds is 5. The van der Waals surface area contributed by atoms with Crippen LogP contribution in [0, 0.1) is 0 Å². The Morgan fingerprint density at radius 2 is 1.77 bits per heavy atom. The van der Waals surface area contributed by atoms with Crippen molar-refractivity contribution in [2.24, 2.45) is 0 Å². The summed E-state index contributed by atoms with van der Waals surface area (Å²) in [7, 11) is 2.62. The summed E-state index contributed by atoms with van der Waals surface area (Å²) in [5, 5.41) is 25.1. The topological polar surface area (TPSA) is 118 Å². The van der Waals surface area contributed by atoms with Gasteiger partial charge in [0.15, 0.2) is 16.9 Å². The van der Waals surface area contributed by atoms with Gasteiger partial charge in [0.05, 0.1) is 25.5 Å². The van der Waals surface area contributed by atoms with Crippen LogP contribution in [-0.2, 0) is 24.5 Å². The fourth-order valence-corrected chi connectivity index (χ4v) is 5.94. The zero-order valence-electron chi connectivity index (χ0n) is 19.7. The Kier molecular flexibility index (Phi) is 6.53. The highest BCUT2D eigenvalue weighted by atomic mass is 32.1. The molecule has 0 bridgehead atoms. The number of phenols is 2. The van der Waals surface area contributed by atoms with Crippen LogP contribution in [0.3, 0.4) is 0 Å². The Balaban J connectivity index is 2.00. The number of carbonyl (C=O) groups excluding carboxylic acids is 2. The maximum atomic E-state index is 13.7. The third kappa shape index (κ3) is 3.91. The van der Waals surface area contributed by atoms with E-state index in [9.17, 15) is 19.8 Å². The number of ether oxygens (including phenoxy) is 2. The van der Waals surface area contributed by atoms with Gasteiger partial charge < -0.3 is 25.0 Å². The van der Waals surface area contributed by atoms with Crippen LogP contribution in [-0.4, -0.2) is 47.4 Å². The van der Waals surface area contributed by atoms with E-state index < -0.39 is 29.3 Å². The molecule has 3 aromatic rings. The molecule has 8 nitrogen and oxygen atoms in total. The quantitative estimate of drug-likeness (QED) is 0.362. The maximum absolute atomic E-state index is 13.7. The van der Waals surface area contributed by atoms with Gasteiger partial charge in [0.1, 0.15) is 5.01 Å². The maximum Gasteiger partial charge on any atom is 0.336 e. The van der Waals surface area contributed by atoms with Gasteiger partial charge in [0, 0.05) is 28.6 Å². The number of methoxy groups -OCH3 is 2. The molecule has 0 radical (unpaired) electrons. The number of nitrogens with one attached hydrogen (secondary N) is 1. The number of nitrogens with zero attached hydrogens (tertiary/aromatic N) is 1. The molecule has 3 N–H and O–H groups in total.